The third-order valence-corrected chi connectivity index (χ3v) is 3.50. The highest BCUT2D eigenvalue weighted by atomic mass is 79.9. The fraction of sp³-hybridized carbons (Fsp3) is 0.500. The van der Waals surface area contributed by atoms with Crippen LogP contribution in [0.15, 0.2) is 22.7 Å². The van der Waals surface area contributed by atoms with Gasteiger partial charge in [0.25, 0.3) is 0 Å². The lowest BCUT2D eigenvalue weighted by molar-refractivity contribution is 0.163. The molecule has 90 valence electrons. The van der Waals surface area contributed by atoms with Gasteiger partial charge in [-0.3, -0.25) is 0 Å². The van der Waals surface area contributed by atoms with Crippen molar-refractivity contribution in [3.8, 4) is 0 Å². The summed E-state index contributed by atoms with van der Waals surface area (Å²) in [5.41, 5.74) is 2.32. The summed E-state index contributed by atoms with van der Waals surface area (Å²) in [7, 11) is 0. The Labute approximate surface area is 105 Å². The van der Waals surface area contributed by atoms with Crippen molar-refractivity contribution in [3.05, 3.63) is 33.8 Å². The van der Waals surface area contributed by atoms with E-state index in [-0.39, 0.29) is 25.3 Å². The molecule has 0 saturated heterocycles. The molecule has 0 fully saturated rings. The number of aliphatic hydroxyl groups excluding tert-OH is 2. The summed E-state index contributed by atoms with van der Waals surface area (Å²) in [4.78, 5) is 0. The highest BCUT2D eigenvalue weighted by molar-refractivity contribution is 9.10. The molecule has 1 rings (SSSR count). The van der Waals surface area contributed by atoms with Crippen molar-refractivity contribution in [1.82, 2.24) is 5.32 Å². The van der Waals surface area contributed by atoms with Crippen LogP contribution in [-0.4, -0.2) is 29.5 Å². The molecule has 0 spiro atoms. The van der Waals surface area contributed by atoms with E-state index in [9.17, 15) is 0 Å². The zero-order chi connectivity index (χ0) is 12.1. The predicted molar refractivity (Wildman–Crippen MR) is 68.4 cm³/mol. The van der Waals surface area contributed by atoms with Gasteiger partial charge < -0.3 is 15.5 Å². The predicted octanol–water partition coefficient (Wildman–Crippen LogP) is 1.76. The lowest BCUT2D eigenvalue weighted by atomic mass is 10.1. The molecule has 0 saturated carbocycles. The summed E-state index contributed by atoms with van der Waals surface area (Å²) in [5, 5.41) is 21.1. The molecule has 1 unspecified atom stereocenters. The van der Waals surface area contributed by atoms with Crippen LogP contribution < -0.4 is 5.32 Å². The maximum Gasteiger partial charge on any atom is 0.0607 e. The smallest absolute Gasteiger partial charge is 0.0607 e. The van der Waals surface area contributed by atoms with Crippen molar-refractivity contribution in [1.29, 1.82) is 0 Å². The first-order chi connectivity index (χ1) is 7.58. The molecule has 0 aliphatic heterocycles. The van der Waals surface area contributed by atoms with E-state index in [1.807, 2.05) is 26.0 Å². The van der Waals surface area contributed by atoms with Gasteiger partial charge >= 0.3 is 0 Å². The first kappa shape index (κ1) is 13.6. The van der Waals surface area contributed by atoms with Crippen LogP contribution in [0.3, 0.4) is 0 Å². The number of benzene rings is 1. The quantitative estimate of drug-likeness (QED) is 0.774. The van der Waals surface area contributed by atoms with E-state index in [0.717, 1.165) is 10.0 Å². The standard InChI is InChI=1S/C12H18BrNO2/c1-8-5-10(3-4-12(8)13)9(2)14-11(6-15)7-16/h3-5,9,11,14-16H,6-7H2,1-2H3. The summed E-state index contributed by atoms with van der Waals surface area (Å²) >= 11 is 3.46. The molecular weight excluding hydrogens is 270 g/mol. The summed E-state index contributed by atoms with van der Waals surface area (Å²) in [6, 6.07) is 5.97. The maximum absolute atomic E-state index is 8.99. The monoisotopic (exact) mass is 287 g/mol. The van der Waals surface area contributed by atoms with Gasteiger partial charge in [-0.25, -0.2) is 0 Å². The highest BCUT2D eigenvalue weighted by Gasteiger charge is 2.12. The van der Waals surface area contributed by atoms with Gasteiger partial charge in [-0.2, -0.15) is 0 Å². The van der Waals surface area contributed by atoms with Crippen molar-refractivity contribution in [2.24, 2.45) is 0 Å². The Bertz CT molecular complexity index is 340. The lowest BCUT2D eigenvalue weighted by Crippen LogP contribution is -2.37. The molecule has 0 heterocycles. The van der Waals surface area contributed by atoms with Crippen LogP contribution >= 0.6 is 15.9 Å². The number of rotatable bonds is 5. The zero-order valence-corrected chi connectivity index (χ0v) is 11.2. The van der Waals surface area contributed by atoms with Crippen LogP contribution in [0.4, 0.5) is 0 Å². The lowest BCUT2D eigenvalue weighted by Gasteiger charge is -2.20. The Balaban J connectivity index is 2.72. The maximum atomic E-state index is 8.99. The van der Waals surface area contributed by atoms with Crippen molar-refractivity contribution in [3.63, 3.8) is 0 Å². The van der Waals surface area contributed by atoms with Gasteiger partial charge in [0.15, 0.2) is 0 Å². The van der Waals surface area contributed by atoms with Crippen LogP contribution in [0.5, 0.6) is 0 Å². The summed E-state index contributed by atoms with van der Waals surface area (Å²) in [5.74, 6) is 0. The normalized spacial score (nSPS) is 13.1. The average molecular weight is 288 g/mol. The Morgan fingerprint density at radius 3 is 2.44 bits per heavy atom. The zero-order valence-electron chi connectivity index (χ0n) is 9.57. The molecule has 1 aromatic rings. The molecule has 16 heavy (non-hydrogen) atoms. The van der Waals surface area contributed by atoms with E-state index < -0.39 is 0 Å². The van der Waals surface area contributed by atoms with Gasteiger partial charge in [-0.05, 0) is 31.0 Å². The molecule has 0 amide bonds. The minimum Gasteiger partial charge on any atom is -0.395 e. The summed E-state index contributed by atoms with van der Waals surface area (Å²) in [6.07, 6.45) is 0. The van der Waals surface area contributed by atoms with Crippen LogP contribution in [0.25, 0.3) is 0 Å². The molecule has 1 atom stereocenters. The van der Waals surface area contributed by atoms with E-state index in [2.05, 4.69) is 27.3 Å². The third kappa shape index (κ3) is 3.56. The van der Waals surface area contributed by atoms with E-state index in [1.165, 1.54) is 5.56 Å². The Morgan fingerprint density at radius 2 is 1.94 bits per heavy atom. The Kier molecular flexibility index (Phi) is 5.41. The molecule has 0 radical (unpaired) electrons. The Hall–Kier alpha value is -0.420. The Morgan fingerprint density at radius 1 is 1.31 bits per heavy atom. The van der Waals surface area contributed by atoms with Crippen molar-refractivity contribution >= 4 is 15.9 Å². The summed E-state index contributed by atoms with van der Waals surface area (Å²) in [6.45, 7) is 3.93. The SMILES string of the molecule is Cc1cc(C(C)NC(CO)CO)ccc1Br. The van der Waals surface area contributed by atoms with Crippen LogP contribution in [-0.2, 0) is 0 Å². The van der Waals surface area contributed by atoms with Crippen LogP contribution in [0, 0.1) is 6.92 Å². The van der Waals surface area contributed by atoms with E-state index in [4.69, 9.17) is 10.2 Å². The number of halogens is 1. The van der Waals surface area contributed by atoms with Crippen molar-refractivity contribution in [2.45, 2.75) is 25.9 Å². The van der Waals surface area contributed by atoms with E-state index in [0.29, 0.717) is 0 Å². The number of aliphatic hydroxyl groups is 2. The molecule has 3 N–H and O–H groups in total. The molecule has 0 aromatic heterocycles. The molecule has 3 nitrogen and oxygen atoms in total. The van der Waals surface area contributed by atoms with Gasteiger partial charge in [-0.1, -0.05) is 28.1 Å². The van der Waals surface area contributed by atoms with Gasteiger partial charge in [0.05, 0.1) is 19.3 Å². The minimum atomic E-state index is -0.265. The molecule has 0 bridgehead atoms. The number of aryl methyl sites for hydroxylation is 1. The fourth-order valence-corrected chi connectivity index (χ4v) is 1.80. The van der Waals surface area contributed by atoms with Gasteiger partial charge in [0.1, 0.15) is 0 Å². The second-order valence-corrected chi connectivity index (χ2v) is 4.81. The number of nitrogens with one attached hydrogen (secondary N) is 1. The highest BCUT2D eigenvalue weighted by Crippen LogP contribution is 2.21. The second kappa shape index (κ2) is 6.35. The van der Waals surface area contributed by atoms with Gasteiger partial charge in [0.2, 0.25) is 0 Å². The average Bonchev–Trinajstić information content (AvgIpc) is 2.29. The fourth-order valence-electron chi connectivity index (χ4n) is 1.55. The van der Waals surface area contributed by atoms with Gasteiger partial charge in [0, 0.05) is 10.5 Å². The largest absolute Gasteiger partial charge is 0.395 e. The topological polar surface area (TPSA) is 52.5 Å². The first-order valence-corrected chi connectivity index (χ1v) is 6.11. The van der Waals surface area contributed by atoms with Crippen LogP contribution in [0.2, 0.25) is 0 Å². The first-order valence-electron chi connectivity index (χ1n) is 5.32. The molecule has 0 aliphatic rings. The summed E-state index contributed by atoms with van der Waals surface area (Å²) < 4.78 is 1.09. The van der Waals surface area contributed by atoms with E-state index >= 15 is 0 Å². The number of hydrogen-bond acceptors (Lipinski definition) is 3. The van der Waals surface area contributed by atoms with Crippen molar-refractivity contribution in [2.75, 3.05) is 13.2 Å². The minimum absolute atomic E-state index is 0.0592. The molecule has 0 aliphatic carbocycles. The van der Waals surface area contributed by atoms with Crippen LogP contribution in [0.1, 0.15) is 24.1 Å². The third-order valence-electron chi connectivity index (χ3n) is 2.61. The number of hydrogen-bond donors (Lipinski definition) is 3. The molecular formula is C12H18BrNO2. The van der Waals surface area contributed by atoms with Crippen molar-refractivity contribution < 1.29 is 10.2 Å². The second-order valence-electron chi connectivity index (χ2n) is 3.96. The molecule has 4 heteroatoms. The van der Waals surface area contributed by atoms with E-state index in [1.54, 1.807) is 0 Å². The van der Waals surface area contributed by atoms with Gasteiger partial charge in [-0.15, -0.1) is 0 Å². The molecule has 1 aromatic carbocycles.